The summed E-state index contributed by atoms with van der Waals surface area (Å²) in [7, 11) is -4.02. The predicted octanol–water partition coefficient (Wildman–Crippen LogP) is 4.12. The van der Waals surface area contributed by atoms with Crippen LogP contribution in [0.4, 0.5) is 15.8 Å². The van der Waals surface area contributed by atoms with E-state index in [1.807, 2.05) is 22.6 Å². The van der Waals surface area contributed by atoms with Crippen LogP contribution in [0, 0.1) is 9.39 Å². The molecule has 0 unspecified atom stereocenters. The van der Waals surface area contributed by atoms with Crippen molar-refractivity contribution in [1.29, 1.82) is 0 Å². The molecular formula is C12H8Cl2FIN2O2S. The van der Waals surface area contributed by atoms with E-state index in [0.29, 0.717) is 3.57 Å². The fourth-order valence-corrected chi connectivity index (χ4v) is 4.71. The number of nitrogen functional groups attached to an aromatic ring is 1. The Labute approximate surface area is 144 Å². The molecule has 0 radical (unpaired) electrons. The molecule has 4 nitrogen and oxygen atoms in total. The van der Waals surface area contributed by atoms with Gasteiger partial charge >= 0.3 is 0 Å². The van der Waals surface area contributed by atoms with Crippen LogP contribution in [0.1, 0.15) is 0 Å². The summed E-state index contributed by atoms with van der Waals surface area (Å²) in [5.41, 5.74) is 6.01. The molecule has 0 spiro atoms. The smallest absolute Gasteiger partial charge is 0.264 e. The van der Waals surface area contributed by atoms with E-state index in [-0.39, 0.29) is 26.3 Å². The lowest BCUT2D eigenvalue weighted by Gasteiger charge is -2.13. The lowest BCUT2D eigenvalue weighted by atomic mass is 10.3. The molecule has 0 bridgehead atoms. The third-order valence-electron chi connectivity index (χ3n) is 2.46. The fourth-order valence-electron chi connectivity index (χ4n) is 1.60. The first-order chi connectivity index (χ1) is 9.70. The summed E-state index contributed by atoms with van der Waals surface area (Å²) in [5, 5.41) is -0.186. The molecule has 0 aliphatic carbocycles. The van der Waals surface area contributed by atoms with Crippen LogP contribution in [0.25, 0.3) is 0 Å². The summed E-state index contributed by atoms with van der Waals surface area (Å²) < 4.78 is 40.5. The molecule has 0 saturated heterocycles. The molecule has 0 amide bonds. The Bertz CT molecular complexity index is 792. The van der Waals surface area contributed by atoms with Crippen LogP contribution in [0.5, 0.6) is 0 Å². The second kappa shape index (κ2) is 6.15. The summed E-state index contributed by atoms with van der Waals surface area (Å²) in [4.78, 5) is -0.278. The van der Waals surface area contributed by atoms with E-state index >= 15 is 0 Å². The average molecular weight is 461 g/mol. The molecule has 2 aromatic rings. The first kappa shape index (κ1) is 16.6. The van der Waals surface area contributed by atoms with Crippen molar-refractivity contribution >= 4 is 67.2 Å². The number of hydrogen-bond donors (Lipinski definition) is 2. The number of benzene rings is 2. The van der Waals surface area contributed by atoms with Crippen LogP contribution in [-0.2, 0) is 10.0 Å². The maximum absolute atomic E-state index is 13.0. The third kappa shape index (κ3) is 3.71. The monoisotopic (exact) mass is 460 g/mol. The van der Waals surface area contributed by atoms with Gasteiger partial charge in [0.05, 0.1) is 15.7 Å². The van der Waals surface area contributed by atoms with Crippen molar-refractivity contribution in [3.05, 3.63) is 49.8 Å². The maximum atomic E-state index is 13.0. The highest BCUT2D eigenvalue weighted by Crippen LogP contribution is 2.33. The molecule has 0 fully saturated rings. The van der Waals surface area contributed by atoms with Gasteiger partial charge in [0.15, 0.2) is 0 Å². The summed E-state index contributed by atoms with van der Waals surface area (Å²) >= 11 is 13.6. The van der Waals surface area contributed by atoms with E-state index in [1.165, 1.54) is 24.3 Å². The fraction of sp³-hybridized carbons (Fsp3) is 0. The van der Waals surface area contributed by atoms with Gasteiger partial charge in [-0.1, -0.05) is 23.2 Å². The van der Waals surface area contributed by atoms with Gasteiger partial charge in [-0.2, -0.15) is 0 Å². The van der Waals surface area contributed by atoms with E-state index in [1.54, 1.807) is 0 Å². The molecule has 0 atom stereocenters. The Morgan fingerprint density at radius 1 is 1.14 bits per heavy atom. The number of sulfonamides is 1. The van der Waals surface area contributed by atoms with Gasteiger partial charge < -0.3 is 5.73 Å². The minimum Gasteiger partial charge on any atom is -0.399 e. The van der Waals surface area contributed by atoms with Crippen molar-refractivity contribution in [3.63, 3.8) is 0 Å². The number of nitrogens with one attached hydrogen (secondary N) is 1. The molecule has 112 valence electrons. The van der Waals surface area contributed by atoms with Gasteiger partial charge in [-0.25, -0.2) is 12.8 Å². The van der Waals surface area contributed by atoms with Gasteiger partial charge in [0.25, 0.3) is 10.0 Å². The average Bonchev–Trinajstić information content (AvgIpc) is 2.30. The quantitative estimate of drug-likeness (QED) is 0.534. The van der Waals surface area contributed by atoms with Crippen molar-refractivity contribution in [2.75, 3.05) is 10.5 Å². The van der Waals surface area contributed by atoms with Crippen molar-refractivity contribution in [1.82, 2.24) is 0 Å². The minimum atomic E-state index is -4.02. The summed E-state index contributed by atoms with van der Waals surface area (Å²) in [6.45, 7) is 0. The third-order valence-corrected chi connectivity index (χ3v) is 5.64. The van der Waals surface area contributed by atoms with E-state index in [2.05, 4.69) is 4.72 Å². The summed E-state index contributed by atoms with van der Waals surface area (Å²) in [5.74, 6) is -0.467. The molecule has 3 N–H and O–H groups in total. The van der Waals surface area contributed by atoms with E-state index in [4.69, 9.17) is 28.9 Å². The molecule has 0 aromatic heterocycles. The molecule has 0 heterocycles. The molecule has 0 aliphatic rings. The molecule has 9 heteroatoms. The van der Waals surface area contributed by atoms with Crippen LogP contribution in [0.3, 0.4) is 0 Å². The molecule has 0 aliphatic heterocycles. The zero-order valence-electron chi connectivity index (χ0n) is 10.2. The van der Waals surface area contributed by atoms with Crippen LogP contribution in [0.15, 0.2) is 35.2 Å². The topological polar surface area (TPSA) is 72.2 Å². The minimum absolute atomic E-state index is 0.0929. The first-order valence-corrected chi connectivity index (χ1v) is 8.75. The first-order valence-electron chi connectivity index (χ1n) is 5.43. The van der Waals surface area contributed by atoms with Crippen molar-refractivity contribution < 1.29 is 12.8 Å². The maximum Gasteiger partial charge on any atom is 0.264 e. The Balaban J connectivity index is 2.48. The Hall–Kier alpha value is -0.770. The van der Waals surface area contributed by atoms with Gasteiger partial charge in [0, 0.05) is 9.26 Å². The number of anilines is 2. The van der Waals surface area contributed by atoms with Gasteiger partial charge in [0.2, 0.25) is 0 Å². The number of nitrogens with two attached hydrogens (primary N) is 1. The predicted molar refractivity (Wildman–Crippen MR) is 90.8 cm³/mol. The largest absolute Gasteiger partial charge is 0.399 e. The van der Waals surface area contributed by atoms with Gasteiger partial charge in [0.1, 0.15) is 10.7 Å². The molecule has 21 heavy (non-hydrogen) atoms. The highest BCUT2D eigenvalue weighted by atomic mass is 127. The SMILES string of the molecule is Nc1cc(Cl)c(S(=O)(=O)Nc2ccc(F)cc2I)c(Cl)c1. The van der Waals surface area contributed by atoms with Crippen LogP contribution in [-0.4, -0.2) is 8.42 Å². The van der Waals surface area contributed by atoms with Gasteiger partial charge in [-0.05, 0) is 52.9 Å². The van der Waals surface area contributed by atoms with Crippen LogP contribution >= 0.6 is 45.8 Å². The van der Waals surface area contributed by atoms with Crippen LogP contribution < -0.4 is 10.5 Å². The van der Waals surface area contributed by atoms with Crippen LogP contribution in [0.2, 0.25) is 10.0 Å². The number of rotatable bonds is 3. The van der Waals surface area contributed by atoms with Crippen molar-refractivity contribution in [2.24, 2.45) is 0 Å². The number of halogens is 4. The normalized spacial score (nSPS) is 11.4. The zero-order chi connectivity index (χ0) is 15.8. The van der Waals surface area contributed by atoms with E-state index < -0.39 is 15.8 Å². The second-order valence-electron chi connectivity index (χ2n) is 4.04. The van der Waals surface area contributed by atoms with Crippen molar-refractivity contribution in [2.45, 2.75) is 4.90 Å². The summed E-state index contributed by atoms with van der Waals surface area (Å²) in [6, 6.07) is 6.24. The highest BCUT2D eigenvalue weighted by Gasteiger charge is 2.23. The lowest BCUT2D eigenvalue weighted by molar-refractivity contribution is 0.601. The molecule has 2 rings (SSSR count). The van der Waals surface area contributed by atoms with Gasteiger partial charge in [-0.15, -0.1) is 0 Å². The highest BCUT2D eigenvalue weighted by molar-refractivity contribution is 14.1. The van der Waals surface area contributed by atoms with E-state index in [0.717, 1.165) is 6.07 Å². The zero-order valence-corrected chi connectivity index (χ0v) is 14.7. The molecule has 0 saturated carbocycles. The van der Waals surface area contributed by atoms with E-state index in [9.17, 15) is 12.8 Å². The second-order valence-corrected chi connectivity index (χ2v) is 7.64. The molecular weight excluding hydrogens is 453 g/mol. The standard InChI is InChI=1S/C12H8Cl2FIN2O2S/c13-8-4-7(17)5-9(14)12(8)21(19,20)18-11-2-1-6(15)3-10(11)16/h1-5,18H,17H2. The van der Waals surface area contributed by atoms with Crippen molar-refractivity contribution in [3.8, 4) is 0 Å². The number of hydrogen-bond acceptors (Lipinski definition) is 3. The Morgan fingerprint density at radius 2 is 1.71 bits per heavy atom. The molecule has 2 aromatic carbocycles. The Kier molecular flexibility index (Phi) is 4.86. The summed E-state index contributed by atoms with van der Waals surface area (Å²) in [6.07, 6.45) is 0. The van der Waals surface area contributed by atoms with Gasteiger partial charge in [-0.3, -0.25) is 4.72 Å². The Morgan fingerprint density at radius 3 is 2.24 bits per heavy atom. The lowest BCUT2D eigenvalue weighted by Crippen LogP contribution is -2.15.